The number of hydrogen-bond donors (Lipinski definition) is 2. The average Bonchev–Trinajstić information content (AvgIpc) is 3.30. The number of fused-ring (bicyclic) bond motifs is 1. The summed E-state index contributed by atoms with van der Waals surface area (Å²) in [5.74, 6) is 1.72. The highest BCUT2D eigenvalue weighted by Gasteiger charge is 2.20. The van der Waals surface area contributed by atoms with Gasteiger partial charge in [-0.1, -0.05) is 41.3 Å². The number of amides is 3. The Bertz CT molecular complexity index is 1760. The summed E-state index contributed by atoms with van der Waals surface area (Å²) in [5.41, 5.74) is 3.49. The Morgan fingerprint density at radius 2 is 1.88 bits per heavy atom. The van der Waals surface area contributed by atoms with Crippen LogP contribution in [0.5, 0.6) is 5.75 Å². The van der Waals surface area contributed by atoms with Crippen molar-refractivity contribution in [2.24, 2.45) is 0 Å². The zero-order valence-corrected chi connectivity index (χ0v) is 26.3. The molecule has 0 bridgehead atoms. The number of rotatable bonds is 10. The number of benzene rings is 2. The van der Waals surface area contributed by atoms with Crippen LogP contribution < -0.4 is 20.3 Å². The number of terminal acetylenes is 1. The van der Waals surface area contributed by atoms with Gasteiger partial charge in [-0.05, 0) is 70.9 Å². The maximum Gasteiger partial charge on any atom is 0.252 e. The molecule has 12 heteroatoms. The molecule has 2 heterocycles. The van der Waals surface area contributed by atoms with Crippen LogP contribution in [0.2, 0.25) is 10.0 Å². The third-order valence-electron chi connectivity index (χ3n) is 6.35. The summed E-state index contributed by atoms with van der Waals surface area (Å²) in [7, 11) is 1.55. The Labute approximate surface area is 267 Å². The highest BCUT2D eigenvalue weighted by molar-refractivity contribution is 9.10. The fourth-order valence-corrected chi connectivity index (χ4v) is 4.97. The lowest BCUT2D eigenvalue weighted by atomic mass is 10.1. The molecule has 0 aliphatic rings. The van der Waals surface area contributed by atoms with Gasteiger partial charge in [-0.15, -0.1) is 6.42 Å². The highest BCUT2D eigenvalue weighted by Crippen LogP contribution is 2.35. The smallest absolute Gasteiger partial charge is 0.252 e. The van der Waals surface area contributed by atoms with Crippen LogP contribution in [0, 0.1) is 19.3 Å². The number of imidazole rings is 1. The van der Waals surface area contributed by atoms with Crippen LogP contribution >= 0.6 is 39.1 Å². The van der Waals surface area contributed by atoms with E-state index in [0.29, 0.717) is 38.8 Å². The standard InChI is InChI=1S/C31H26BrCl2N5O4/c1-4-15-35-31(42)21-10-7-20(8-11-21)9-14-26(40)36-17-27(41)38(3)24-13-12-23(33)22(28(24)34)18-43-25-6-5-16-39-29(32)19(2)37-30(25)39/h1,5-14,16H,15,17-18H2,2-3H3,(H,35,42)(H,36,40)/b14-9+. The van der Waals surface area contributed by atoms with E-state index in [9.17, 15) is 14.4 Å². The number of carbonyl (C=O) groups is 3. The van der Waals surface area contributed by atoms with Gasteiger partial charge in [0.25, 0.3) is 5.91 Å². The molecule has 4 aromatic rings. The minimum Gasteiger partial charge on any atom is -0.485 e. The molecule has 0 spiro atoms. The number of carbonyl (C=O) groups excluding carboxylic acids is 3. The topological polar surface area (TPSA) is 105 Å². The van der Waals surface area contributed by atoms with Gasteiger partial charge in [-0.3, -0.25) is 18.8 Å². The second-order valence-electron chi connectivity index (χ2n) is 9.21. The first-order valence-corrected chi connectivity index (χ1v) is 14.4. The Balaban J connectivity index is 1.36. The monoisotopic (exact) mass is 681 g/mol. The van der Waals surface area contributed by atoms with E-state index >= 15 is 0 Å². The highest BCUT2D eigenvalue weighted by atomic mass is 79.9. The number of anilines is 1. The van der Waals surface area contributed by atoms with Gasteiger partial charge in [0, 0.05) is 35.5 Å². The van der Waals surface area contributed by atoms with Crippen LogP contribution in [0.15, 0.2) is 65.4 Å². The number of nitrogens with zero attached hydrogens (tertiary/aromatic N) is 3. The maximum atomic E-state index is 12.9. The summed E-state index contributed by atoms with van der Waals surface area (Å²) in [4.78, 5) is 43.1. The molecule has 0 aliphatic carbocycles. The molecule has 2 aromatic carbocycles. The predicted octanol–water partition coefficient (Wildman–Crippen LogP) is 5.45. The van der Waals surface area contributed by atoms with E-state index in [1.54, 1.807) is 55.6 Å². The van der Waals surface area contributed by atoms with E-state index in [-0.39, 0.29) is 30.6 Å². The first kappa shape index (κ1) is 31.6. The van der Waals surface area contributed by atoms with Gasteiger partial charge in [0.05, 0.1) is 29.5 Å². The maximum absolute atomic E-state index is 12.9. The fourth-order valence-electron chi connectivity index (χ4n) is 3.99. The van der Waals surface area contributed by atoms with E-state index in [1.165, 1.54) is 11.0 Å². The zero-order valence-electron chi connectivity index (χ0n) is 23.2. The van der Waals surface area contributed by atoms with Crippen LogP contribution in [-0.2, 0) is 16.2 Å². The molecule has 3 amide bonds. The quantitative estimate of drug-likeness (QED) is 0.171. The summed E-state index contributed by atoms with van der Waals surface area (Å²) < 4.78 is 8.72. The van der Waals surface area contributed by atoms with Crippen molar-refractivity contribution in [3.63, 3.8) is 0 Å². The van der Waals surface area contributed by atoms with Gasteiger partial charge in [0.1, 0.15) is 11.2 Å². The number of hydrogen-bond acceptors (Lipinski definition) is 5. The molecule has 0 saturated heterocycles. The first-order valence-electron chi connectivity index (χ1n) is 12.9. The molecule has 9 nitrogen and oxygen atoms in total. The molecule has 0 aliphatic heterocycles. The van der Waals surface area contributed by atoms with Gasteiger partial charge >= 0.3 is 0 Å². The number of nitrogens with one attached hydrogen (secondary N) is 2. The van der Waals surface area contributed by atoms with Gasteiger partial charge < -0.3 is 20.3 Å². The largest absolute Gasteiger partial charge is 0.485 e. The Hall–Kier alpha value is -4.30. The molecular weight excluding hydrogens is 657 g/mol. The number of pyridine rings is 1. The van der Waals surface area contributed by atoms with Crippen molar-refractivity contribution in [3.8, 4) is 18.1 Å². The predicted molar refractivity (Wildman–Crippen MR) is 171 cm³/mol. The minimum atomic E-state index is -0.469. The molecule has 2 N–H and O–H groups in total. The number of aryl methyl sites for hydroxylation is 1. The van der Waals surface area contributed by atoms with E-state index in [4.69, 9.17) is 34.4 Å². The van der Waals surface area contributed by atoms with Gasteiger partial charge in [0.15, 0.2) is 11.4 Å². The molecule has 0 atom stereocenters. The lowest BCUT2D eigenvalue weighted by molar-refractivity contribution is -0.122. The van der Waals surface area contributed by atoms with E-state index in [1.807, 2.05) is 23.6 Å². The molecule has 220 valence electrons. The molecule has 4 rings (SSSR count). The summed E-state index contributed by atoms with van der Waals surface area (Å²) in [6, 6.07) is 13.5. The second-order valence-corrected chi connectivity index (χ2v) is 10.8. The lowest BCUT2D eigenvalue weighted by Crippen LogP contribution is -2.37. The van der Waals surface area contributed by atoms with Crippen LogP contribution in [0.3, 0.4) is 0 Å². The summed E-state index contributed by atoms with van der Waals surface area (Å²) in [6.07, 6.45) is 9.88. The number of halogens is 3. The summed E-state index contributed by atoms with van der Waals surface area (Å²) in [6.45, 7) is 1.79. The van der Waals surface area contributed by atoms with Crippen molar-refractivity contribution >= 4 is 74.3 Å². The molecule has 0 unspecified atom stereocenters. The third kappa shape index (κ3) is 7.56. The van der Waals surface area contributed by atoms with Gasteiger partial charge in [0.2, 0.25) is 11.8 Å². The fraction of sp³-hybridized carbons (Fsp3) is 0.161. The van der Waals surface area contributed by atoms with E-state index in [2.05, 4.69) is 37.5 Å². The number of likely N-dealkylation sites (N-methyl/N-ethyl adjacent to an activating group) is 1. The number of ether oxygens (including phenoxy) is 1. The molecule has 0 fully saturated rings. The normalized spacial score (nSPS) is 10.9. The van der Waals surface area contributed by atoms with Crippen molar-refractivity contribution in [3.05, 3.63) is 97.8 Å². The van der Waals surface area contributed by atoms with Crippen LogP contribution in [0.4, 0.5) is 5.69 Å². The lowest BCUT2D eigenvalue weighted by Gasteiger charge is -2.21. The van der Waals surface area contributed by atoms with Crippen LogP contribution in [0.25, 0.3) is 11.7 Å². The Morgan fingerprint density at radius 1 is 1.14 bits per heavy atom. The van der Waals surface area contributed by atoms with Crippen molar-refractivity contribution < 1.29 is 19.1 Å². The summed E-state index contributed by atoms with van der Waals surface area (Å²) >= 11 is 16.6. The molecule has 43 heavy (non-hydrogen) atoms. The zero-order chi connectivity index (χ0) is 31.1. The van der Waals surface area contributed by atoms with E-state index < -0.39 is 11.8 Å². The number of aromatic nitrogens is 2. The van der Waals surface area contributed by atoms with Crippen molar-refractivity contribution in [1.82, 2.24) is 20.0 Å². The van der Waals surface area contributed by atoms with Gasteiger partial charge in [-0.25, -0.2) is 4.98 Å². The van der Waals surface area contributed by atoms with Crippen molar-refractivity contribution in [1.29, 1.82) is 0 Å². The summed E-state index contributed by atoms with van der Waals surface area (Å²) in [5, 5.41) is 5.77. The average molecular weight is 683 g/mol. The third-order valence-corrected chi connectivity index (χ3v) is 8.08. The van der Waals surface area contributed by atoms with Crippen LogP contribution in [0.1, 0.15) is 27.2 Å². The molecule has 2 aromatic heterocycles. The van der Waals surface area contributed by atoms with E-state index in [0.717, 1.165) is 10.3 Å². The minimum absolute atomic E-state index is 0.0365. The molecule has 0 radical (unpaired) electrons. The Kier molecular flexibility index (Phi) is 10.5. The second kappa shape index (κ2) is 14.2. The van der Waals surface area contributed by atoms with Crippen molar-refractivity contribution in [2.75, 3.05) is 25.0 Å². The SMILES string of the molecule is C#CCNC(=O)c1ccc(/C=C/C(=O)NCC(=O)N(C)c2ccc(Cl)c(COc3cccn4c(Br)c(C)nc34)c2Cl)cc1. The Morgan fingerprint density at radius 3 is 2.60 bits per heavy atom. The first-order chi connectivity index (χ1) is 20.6. The molecular formula is C31H26BrCl2N5O4. The van der Waals surface area contributed by atoms with Gasteiger partial charge in [-0.2, -0.15) is 0 Å². The van der Waals surface area contributed by atoms with Crippen LogP contribution in [-0.4, -0.2) is 47.2 Å². The molecule has 0 saturated carbocycles. The van der Waals surface area contributed by atoms with Crippen molar-refractivity contribution in [2.45, 2.75) is 13.5 Å².